The predicted octanol–water partition coefficient (Wildman–Crippen LogP) is 1.37. The third kappa shape index (κ3) is 2.47. The van der Waals surface area contributed by atoms with Crippen LogP contribution in [0.1, 0.15) is 18.1 Å². The Labute approximate surface area is 129 Å². The van der Waals surface area contributed by atoms with Crippen LogP contribution in [0.25, 0.3) is 0 Å². The molecule has 118 valence electrons. The molecule has 2 aliphatic heterocycles. The minimum Gasteiger partial charge on any atom is -0.322 e. The number of urea groups is 1. The van der Waals surface area contributed by atoms with Crippen LogP contribution in [0.4, 0.5) is 9.18 Å². The number of likely N-dealkylation sites (N-methyl/N-ethyl adjacent to an activating group) is 1. The summed E-state index contributed by atoms with van der Waals surface area (Å²) in [6.07, 6.45) is 0. The van der Waals surface area contributed by atoms with Gasteiger partial charge in [-0.05, 0) is 25.6 Å². The number of hydrogen-bond acceptors (Lipinski definition) is 3. The van der Waals surface area contributed by atoms with Crippen molar-refractivity contribution >= 4 is 11.8 Å². The summed E-state index contributed by atoms with van der Waals surface area (Å²) >= 11 is 0. The number of ketones is 1. The van der Waals surface area contributed by atoms with E-state index in [1.54, 1.807) is 29.8 Å². The molecule has 22 heavy (non-hydrogen) atoms. The Bertz CT molecular complexity index is 619. The Morgan fingerprint density at radius 3 is 2.59 bits per heavy atom. The maximum atomic E-state index is 13.8. The molecule has 1 aromatic carbocycles. The zero-order chi connectivity index (χ0) is 15.9. The molecule has 1 N–H and O–H groups in total. The maximum Gasteiger partial charge on any atom is 0.320 e. The van der Waals surface area contributed by atoms with Crippen molar-refractivity contribution in [2.24, 2.45) is 5.92 Å². The molecule has 0 spiro atoms. The number of likely N-dealkylation sites (tertiary alicyclic amines) is 1. The molecular weight excluding hydrogens is 285 g/mol. The number of nitrogens with zero attached hydrogens (tertiary/aromatic N) is 2. The lowest BCUT2D eigenvalue weighted by Gasteiger charge is -2.24. The van der Waals surface area contributed by atoms with Crippen LogP contribution in [0.3, 0.4) is 0 Å². The number of Topliss-reactive ketones (excluding diaryl/α,β-unsaturated/α-hetero) is 1. The normalized spacial score (nSPS) is 23.8. The summed E-state index contributed by atoms with van der Waals surface area (Å²) in [5, 5.41) is 3.10. The molecule has 1 fully saturated rings. The highest BCUT2D eigenvalue weighted by molar-refractivity contribution is 5.82. The molecule has 2 unspecified atom stereocenters. The molecule has 1 saturated heterocycles. The third-order valence-corrected chi connectivity index (χ3v) is 4.68. The largest absolute Gasteiger partial charge is 0.322 e. The van der Waals surface area contributed by atoms with Gasteiger partial charge in [-0.3, -0.25) is 4.79 Å². The minimum absolute atomic E-state index is 0.0110. The van der Waals surface area contributed by atoms with Gasteiger partial charge in [0.25, 0.3) is 0 Å². The second kappa shape index (κ2) is 5.68. The summed E-state index contributed by atoms with van der Waals surface area (Å²) < 4.78 is 13.8. The van der Waals surface area contributed by atoms with E-state index < -0.39 is 0 Å². The molecule has 0 radical (unpaired) electrons. The first-order valence-electron chi connectivity index (χ1n) is 7.49. The number of carbonyl (C=O) groups excluding carboxylic acids is 2. The third-order valence-electron chi connectivity index (χ3n) is 4.68. The van der Waals surface area contributed by atoms with Crippen molar-refractivity contribution in [1.29, 1.82) is 0 Å². The predicted molar refractivity (Wildman–Crippen MR) is 79.6 cm³/mol. The van der Waals surface area contributed by atoms with Gasteiger partial charge in [0.1, 0.15) is 11.6 Å². The van der Waals surface area contributed by atoms with Gasteiger partial charge in [-0.2, -0.15) is 0 Å². The van der Waals surface area contributed by atoms with E-state index in [1.165, 1.54) is 6.07 Å². The van der Waals surface area contributed by atoms with Crippen LogP contribution in [-0.4, -0.2) is 47.8 Å². The van der Waals surface area contributed by atoms with Crippen molar-refractivity contribution in [3.63, 3.8) is 0 Å². The van der Waals surface area contributed by atoms with Gasteiger partial charge in [0.2, 0.25) is 0 Å². The van der Waals surface area contributed by atoms with Gasteiger partial charge in [-0.1, -0.05) is 12.1 Å². The Hall–Kier alpha value is -1.95. The molecule has 0 saturated carbocycles. The molecule has 2 heterocycles. The summed E-state index contributed by atoms with van der Waals surface area (Å²) in [6.45, 7) is 3.22. The summed E-state index contributed by atoms with van der Waals surface area (Å²) in [4.78, 5) is 27.7. The zero-order valence-electron chi connectivity index (χ0n) is 12.8. The number of hydrogen-bond donors (Lipinski definition) is 1. The van der Waals surface area contributed by atoms with Crippen LogP contribution in [0.15, 0.2) is 18.2 Å². The molecule has 2 atom stereocenters. The molecule has 0 aliphatic carbocycles. The average Bonchev–Trinajstić information content (AvgIpc) is 3.11. The topological polar surface area (TPSA) is 52.7 Å². The van der Waals surface area contributed by atoms with Crippen LogP contribution in [0, 0.1) is 11.7 Å². The molecule has 0 bridgehead atoms. The monoisotopic (exact) mass is 305 g/mol. The van der Waals surface area contributed by atoms with Crippen LogP contribution in [-0.2, 0) is 17.9 Å². The Morgan fingerprint density at radius 1 is 1.23 bits per heavy atom. The van der Waals surface area contributed by atoms with Crippen LogP contribution in [0.5, 0.6) is 0 Å². The first-order valence-corrected chi connectivity index (χ1v) is 7.49. The van der Waals surface area contributed by atoms with Crippen molar-refractivity contribution in [3.05, 3.63) is 35.1 Å². The van der Waals surface area contributed by atoms with Crippen molar-refractivity contribution in [2.45, 2.75) is 26.1 Å². The van der Waals surface area contributed by atoms with E-state index in [-0.39, 0.29) is 29.6 Å². The van der Waals surface area contributed by atoms with E-state index in [4.69, 9.17) is 0 Å². The number of benzene rings is 1. The highest BCUT2D eigenvalue weighted by Crippen LogP contribution is 2.27. The lowest BCUT2D eigenvalue weighted by molar-refractivity contribution is -0.120. The molecular formula is C16H20FN3O2. The van der Waals surface area contributed by atoms with E-state index in [2.05, 4.69) is 5.32 Å². The lowest BCUT2D eigenvalue weighted by Crippen LogP contribution is -2.40. The summed E-state index contributed by atoms with van der Waals surface area (Å²) in [5.74, 6) is -0.343. The quantitative estimate of drug-likeness (QED) is 0.898. The van der Waals surface area contributed by atoms with Gasteiger partial charge in [-0.15, -0.1) is 0 Å². The van der Waals surface area contributed by atoms with Gasteiger partial charge < -0.3 is 15.1 Å². The number of fused-ring (bicyclic) bond motifs is 1. The molecule has 2 aliphatic rings. The summed E-state index contributed by atoms with van der Waals surface area (Å²) in [6, 6.07) is 4.80. The fourth-order valence-corrected chi connectivity index (χ4v) is 3.38. The maximum absolute atomic E-state index is 13.8. The van der Waals surface area contributed by atoms with Gasteiger partial charge in [-0.25, -0.2) is 9.18 Å². The average molecular weight is 305 g/mol. The van der Waals surface area contributed by atoms with E-state index >= 15 is 0 Å². The van der Waals surface area contributed by atoms with Crippen LogP contribution >= 0.6 is 0 Å². The van der Waals surface area contributed by atoms with E-state index in [1.807, 2.05) is 6.07 Å². The molecule has 3 rings (SSSR count). The Balaban J connectivity index is 1.72. The number of amides is 2. The standard InChI is InChI=1S/C16H20FN3O2/c1-10(21)12-7-20(9-15(12)18-2)16(22)19-6-11-4-3-5-14(17)13(11)8-19/h3-5,12,15,18H,6-9H2,1-2H3. The van der Waals surface area contributed by atoms with Crippen LogP contribution in [0.2, 0.25) is 0 Å². The highest BCUT2D eigenvalue weighted by atomic mass is 19.1. The fourth-order valence-electron chi connectivity index (χ4n) is 3.38. The first kappa shape index (κ1) is 15.0. The number of nitrogens with one attached hydrogen (secondary N) is 1. The van der Waals surface area contributed by atoms with Crippen molar-refractivity contribution < 1.29 is 14.0 Å². The van der Waals surface area contributed by atoms with Crippen molar-refractivity contribution in [2.75, 3.05) is 20.1 Å². The van der Waals surface area contributed by atoms with E-state index in [0.717, 1.165) is 5.56 Å². The number of rotatable bonds is 2. The molecule has 1 aromatic rings. The summed E-state index contributed by atoms with van der Waals surface area (Å²) in [7, 11) is 1.80. The zero-order valence-corrected chi connectivity index (χ0v) is 12.8. The van der Waals surface area contributed by atoms with E-state index in [9.17, 15) is 14.0 Å². The first-order chi connectivity index (χ1) is 10.5. The Morgan fingerprint density at radius 2 is 2.00 bits per heavy atom. The molecule has 2 amide bonds. The second-order valence-electron chi connectivity index (χ2n) is 6.03. The molecule has 0 aromatic heterocycles. The van der Waals surface area contributed by atoms with Gasteiger partial charge in [0, 0.05) is 31.2 Å². The number of carbonyl (C=O) groups is 2. The lowest BCUT2D eigenvalue weighted by atomic mass is 10.00. The highest BCUT2D eigenvalue weighted by Gasteiger charge is 2.39. The number of halogens is 1. The molecule has 5 nitrogen and oxygen atoms in total. The molecule has 6 heteroatoms. The minimum atomic E-state index is -0.260. The smallest absolute Gasteiger partial charge is 0.320 e. The van der Waals surface area contributed by atoms with Gasteiger partial charge in [0.15, 0.2) is 0 Å². The fraction of sp³-hybridized carbons (Fsp3) is 0.500. The Kier molecular flexibility index (Phi) is 3.87. The summed E-state index contributed by atoms with van der Waals surface area (Å²) in [5.41, 5.74) is 1.46. The van der Waals surface area contributed by atoms with Crippen molar-refractivity contribution in [3.8, 4) is 0 Å². The van der Waals surface area contributed by atoms with Crippen molar-refractivity contribution in [1.82, 2.24) is 15.1 Å². The second-order valence-corrected chi connectivity index (χ2v) is 6.03. The van der Waals surface area contributed by atoms with E-state index in [0.29, 0.717) is 31.7 Å². The van der Waals surface area contributed by atoms with Crippen LogP contribution < -0.4 is 5.32 Å². The van der Waals surface area contributed by atoms with Gasteiger partial charge in [0.05, 0.1) is 12.5 Å². The SMILES string of the molecule is CNC1CN(C(=O)N2Cc3cccc(F)c3C2)CC1C(C)=O. The van der Waals surface area contributed by atoms with Gasteiger partial charge >= 0.3 is 6.03 Å².